The molecule has 1 heterocycles. The zero-order valence-electron chi connectivity index (χ0n) is 14.5. The van der Waals surface area contributed by atoms with Crippen molar-refractivity contribution in [3.05, 3.63) is 58.6 Å². The van der Waals surface area contributed by atoms with Gasteiger partial charge in [0.25, 0.3) is 5.91 Å². The number of halogens is 3. The maximum Gasteiger partial charge on any atom is 0.340 e. The molecule has 2 aromatic carbocycles. The van der Waals surface area contributed by atoms with Crippen LogP contribution in [-0.2, 0) is 14.3 Å². The predicted octanol–water partition coefficient (Wildman–Crippen LogP) is 3.54. The summed E-state index contributed by atoms with van der Waals surface area (Å²) in [4.78, 5) is 37.2. The Morgan fingerprint density at radius 2 is 1.82 bits per heavy atom. The maximum atomic E-state index is 13.2. The molecule has 1 aliphatic rings. The number of ether oxygens (including phenoxy) is 1. The van der Waals surface area contributed by atoms with Crippen molar-refractivity contribution in [2.45, 2.75) is 12.8 Å². The van der Waals surface area contributed by atoms with E-state index in [0.29, 0.717) is 30.8 Å². The summed E-state index contributed by atoms with van der Waals surface area (Å²) in [6, 6.07) is 7.90. The number of benzene rings is 2. The molecule has 6 nitrogen and oxygen atoms in total. The molecule has 1 fully saturated rings. The van der Waals surface area contributed by atoms with Crippen molar-refractivity contribution >= 4 is 40.8 Å². The van der Waals surface area contributed by atoms with Gasteiger partial charge in [0.15, 0.2) is 18.2 Å². The van der Waals surface area contributed by atoms with Crippen LogP contribution in [0.2, 0.25) is 5.02 Å². The number of nitrogens with one attached hydrogen (secondary N) is 1. The van der Waals surface area contributed by atoms with Crippen molar-refractivity contribution in [3.8, 4) is 0 Å². The van der Waals surface area contributed by atoms with Crippen LogP contribution < -0.4 is 10.2 Å². The molecule has 0 aromatic heterocycles. The average Bonchev–Trinajstić information content (AvgIpc) is 3.09. The molecule has 0 bridgehead atoms. The average molecular weight is 409 g/mol. The highest BCUT2D eigenvalue weighted by Crippen LogP contribution is 2.23. The van der Waals surface area contributed by atoms with Crippen molar-refractivity contribution in [3.63, 3.8) is 0 Å². The fourth-order valence-corrected chi connectivity index (χ4v) is 2.96. The van der Waals surface area contributed by atoms with Crippen molar-refractivity contribution in [1.82, 2.24) is 0 Å². The van der Waals surface area contributed by atoms with Crippen LogP contribution in [0.3, 0.4) is 0 Å². The molecule has 2 aromatic rings. The van der Waals surface area contributed by atoms with Gasteiger partial charge < -0.3 is 15.0 Å². The molecule has 0 spiro atoms. The molecule has 0 atom stereocenters. The van der Waals surface area contributed by atoms with E-state index in [1.807, 2.05) is 0 Å². The Morgan fingerprint density at radius 3 is 2.46 bits per heavy atom. The lowest BCUT2D eigenvalue weighted by molar-refractivity contribution is -0.119. The SMILES string of the molecule is O=C(COC(=O)c1cc(F)c(F)cc1Cl)Nc1ccc(N2CCCC2=O)cc1. The monoisotopic (exact) mass is 408 g/mol. The Morgan fingerprint density at radius 1 is 1.14 bits per heavy atom. The fourth-order valence-electron chi connectivity index (χ4n) is 2.73. The molecule has 0 unspecified atom stereocenters. The summed E-state index contributed by atoms with van der Waals surface area (Å²) >= 11 is 5.68. The van der Waals surface area contributed by atoms with Gasteiger partial charge in [-0.25, -0.2) is 13.6 Å². The number of amides is 2. The third-order valence-corrected chi connectivity index (χ3v) is 4.41. The van der Waals surface area contributed by atoms with E-state index in [0.717, 1.165) is 12.1 Å². The number of hydrogen-bond donors (Lipinski definition) is 1. The third-order valence-electron chi connectivity index (χ3n) is 4.10. The number of carbonyl (C=O) groups is 3. The van der Waals surface area contributed by atoms with E-state index in [2.05, 4.69) is 5.32 Å². The van der Waals surface area contributed by atoms with E-state index >= 15 is 0 Å². The van der Waals surface area contributed by atoms with Crippen LogP contribution in [0.15, 0.2) is 36.4 Å². The summed E-state index contributed by atoms with van der Waals surface area (Å²) in [6.45, 7) is 0.0214. The summed E-state index contributed by atoms with van der Waals surface area (Å²) in [6.07, 6.45) is 1.33. The van der Waals surface area contributed by atoms with Crippen LogP contribution in [0.5, 0.6) is 0 Å². The molecule has 1 saturated heterocycles. The molecule has 9 heteroatoms. The number of rotatable bonds is 5. The molecular weight excluding hydrogens is 394 g/mol. The second-order valence-electron chi connectivity index (χ2n) is 6.07. The van der Waals surface area contributed by atoms with Gasteiger partial charge in [-0.15, -0.1) is 0 Å². The number of esters is 1. The van der Waals surface area contributed by atoms with Gasteiger partial charge in [0.1, 0.15) is 0 Å². The topological polar surface area (TPSA) is 75.7 Å². The first kappa shape index (κ1) is 19.8. The van der Waals surface area contributed by atoms with Gasteiger partial charge in [-0.3, -0.25) is 9.59 Å². The first-order valence-electron chi connectivity index (χ1n) is 8.37. The quantitative estimate of drug-likeness (QED) is 0.606. The third kappa shape index (κ3) is 4.45. The summed E-state index contributed by atoms with van der Waals surface area (Å²) in [5.74, 6) is -4.07. The molecule has 3 rings (SSSR count). The lowest BCUT2D eigenvalue weighted by Gasteiger charge is -2.16. The van der Waals surface area contributed by atoms with E-state index in [1.54, 1.807) is 29.2 Å². The van der Waals surface area contributed by atoms with Gasteiger partial charge in [-0.1, -0.05) is 11.6 Å². The molecule has 0 saturated carbocycles. The molecule has 1 N–H and O–H groups in total. The van der Waals surface area contributed by atoms with Crippen LogP contribution in [0.25, 0.3) is 0 Å². The summed E-state index contributed by atoms with van der Waals surface area (Å²) < 4.78 is 31.0. The Hall–Kier alpha value is -3.00. The minimum Gasteiger partial charge on any atom is -0.452 e. The second kappa shape index (κ2) is 8.35. The Kier molecular flexibility index (Phi) is 5.89. The second-order valence-corrected chi connectivity index (χ2v) is 6.47. The number of nitrogens with zero attached hydrogens (tertiary/aromatic N) is 1. The summed E-state index contributed by atoms with van der Waals surface area (Å²) in [7, 11) is 0. The molecule has 146 valence electrons. The van der Waals surface area contributed by atoms with Crippen molar-refractivity contribution in [2.75, 3.05) is 23.4 Å². The van der Waals surface area contributed by atoms with Gasteiger partial charge in [0.2, 0.25) is 5.91 Å². The Bertz CT molecular complexity index is 934. The molecule has 0 aliphatic carbocycles. The van der Waals surface area contributed by atoms with Crippen molar-refractivity contribution in [2.24, 2.45) is 0 Å². The molecule has 1 aliphatic heterocycles. The lowest BCUT2D eigenvalue weighted by Crippen LogP contribution is -2.24. The molecular formula is C19H15ClF2N2O4. The van der Waals surface area contributed by atoms with Crippen LogP contribution >= 0.6 is 11.6 Å². The Labute approximate surface area is 164 Å². The predicted molar refractivity (Wildman–Crippen MR) is 98.3 cm³/mol. The fraction of sp³-hybridized carbons (Fsp3) is 0.211. The van der Waals surface area contributed by atoms with E-state index < -0.39 is 30.1 Å². The van der Waals surface area contributed by atoms with Gasteiger partial charge in [-0.2, -0.15) is 0 Å². The van der Waals surface area contributed by atoms with Crippen LogP contribution in [0.1, 0.15) is 23.2 Å². The van der Waals surface area contributed by atoms with Gasteiger partial charge in [0, 0.05) is 24.3 Å². The molecule has 0 radical (unpaired) electrons. The minimum atomic E-state index is -1.25. The minimum absolute atomic E-state index is 0.0552. The van der Waals surface area contributed by atoms with Gasteiger partial charge in [0.05, 0.1) is 10.6 Å². The Balaban J connectivity index is 1.55. The summed E-state index contributed by atoms with van der Waals surface area (Å²) in [5, 5.41) is 2.20. The maximum absolute atomic E-state index is 13.2. The van der Waals surface area contributed by atoms with Crippen LogP contribution in [0.4, 0.5) is 20.2 Å². The van der Waals surface area contributed by atoms with Crippen molar-refractivity contribution in [1.29, 1.82) is 0 Å². The van der Waals surface area contributed by atoms with E-state index in [9.17, 15) is 23.2 Å². The first-order chi connectivity index (χ1) is 13.3. The first-order valence-corrected chi connectivity index (χ1v) is 8.75. The highest BCUT2D eigenvalue weighted by Gasteiger charge is 2.21. The number of carbonyl (C=O) groups excluding carboxylic acids is 3. The largest absolute Gasteiger partial charge is 0.452 e. The molecule has 28 heavy (non-hydrogen) atoms. The zero-order valence-corrected chi connectivity index (χ0v) is 15.3. The normalized spacial score (nSPS) is 13.5. The summed E-state index contributed by atoms with van der Waals surface area (Å²) in [5.41, 5.74) is 0.801. The van der Waals surface area contributed by atoms with Crippen LogP contribution in [-0.4, -0.2) is 30.9 Å². The van der Waals surface area contributed by atoms with Gasteiger partial charge in [-0.05, 0) is 42.8 Å². The van der Waals surface area contributed by atoms with E-state index in [1.165, 1.54) is 0 Å². The van der Waals surface area contributed by atoms with E-state index in [4.69, 9.17) is 16.3 Å². The highest BCUT2D eigenvalue weighted by atomic mass is 35.5. The van der Waals surface area contributed by atoms with Crippen molar-refractivity contribution < 1.29 is 27.9 Å². The lowest BCUT2D eigenvalue weighted by atomic mass is 10.2. The molecule has 2 amide bonds. The van der Waals surface area contributed by atoms with E-state index in [-0.39, 0.29) is 16.5 Å². The highest BCUT2D eigenvalue weighted by molar-refractivity contribution is 6.33. The zero-order chi connectivity index (χ0) is 20.3. The van der Waals surface area contributed by atoms with Gasteiger partial charge >= 0.3 is 5.97 Å². The number of anilines is 2. The number of hydrogen-bond acceptors (Lipinski definition) is 4. The van der Waals surface area contributed by atoms with Crippen LogP contribution in [0, 0.1) is 11.6 Å². The standard InChI is InChI=1S/C19H15ClF2N2O4/c20-14-9-16(22)15(21)8-13(14)19(27)28-10-17(25)23-11-3-5-12(6-4-11)24-7-1-2-18(24)26/h3-6,8-9H,1-2,7,10H2,(H,23,25). The smallest absolute Gasteiger partial charge is 0.340 e.